The topological polar surface area (TPSA) is 54.4 Å². The summed E-state index contributed by atoms with van der Waals surface area (Å²) < 4.78 is 0. The monoisotopic (exact) mass is 403 g/mol. The molecule has 1 aromatic heterocycles. The van der Waals surface area contributed by atoms with Gasteiger partial charge in [0.1, 0.15) is 0 Å². The number of pyridine rings is 1. The first-order valence-corrected chi connectivity index (χ1v) is 9.53. The Morgan fingerprint density at radius 2 is 2.04 bits per heavy atom. The van der Waals surface area contributed by atoms with E-state index in [4.69, 9.17) is 23.2 Å². The third kappa shape index (κ3) is 4.75. The van der Waals surface area contributed by atoms with Gasteiger partial charge in [0.25, 0.3) is 0 Å². The van der Waals surface area contributed by atoms with Crippen LogP contribution in [0.4, 0.5) is 0 Å². The van der Waals surface area contributed by atoms with Crippen LogP contribution in [0.15, 0.2) is 58.7 Å². The van der Waals surface area contributed by atoms with E-state index in [0.717, 1.165) is 21.5 Å². The van der Waals surface area contributed by atoms with Gasteiger partial charge in [-0.25, -0.2) is 10.4 Å². The van der Waals surface area contributed by atoms with Crippen LogP contribution in [0, 0.1) is 6.92 Å². The third-order valence-corrected chi connectivity index (χ3v) is 5.08. The van der Waals surface area contributed by atoms with Gasteiger partial charge < -0.3 is 0 Å². The van der Waals surface area contributed by atoms with E-state index in [1.807, 2.05) is 37.3 Å². The predicted molar refractivity (Wildman–Crippen MR) is 109 cm³/mol. The van der Waals surface area contributed by atoms with Crippen molar-refractivity contribution in [3.63, 3.8) is 0 Å². The van der Waals surface area contributed by atoms with Gasteiger partial charge in [-0.3, -0.25) is 4.79 Å². The van der Waals surface area contributed by atoms with Crippen molar-refractivity contribution >= 4 is 58.0 Å². The van der Waals surface area contributed by atoms with E-state index in [9.17, 15) is 4.79 Å². The molecular weight excluding hydrogens is 389 g/mol. The van der Waals surface area contributed by atoms with Gasteiger partial charge in [-0.2, -0.15) is 5.10 Å². The Bertz CT molecular complexity index is 992. The van der Waals surface area contributed by atoms with Crippen molar-refractivity contribution in [1.82, 2.24) is 10.4 Å². The second-order valence-electron chi connectivity index (χ2n) is 5.54. The number of amides is 1. The van der Waals surface area contributed by atoms with Crippen LogP contribution >= 0.6 is 35.0 Å². The average Bonchev–Trinajstić information content (AvgIpc) is 2.62. The second kappa shape index (κ2) is 8.54. The summed E-state index contributed by atoms with van der Waals surface area (Å²) in [7, 11) is 0. The number of carbonyl (C=O) groups excluding carboxylic acids is 1. The molecule has 132 valence electrons. The summed E-state index contributed by atoms with van der Waals surface area (Å²) in [6, 6.07) is 15.0. The molecule has 0 radical (unpaired) electrons. The molecule has 1 amide bonds. The van der Waals surface area contributed by atoms with Crippen LogP contribution in [-0.2, 0) is 4.79 Å². The molecule has 1 N–H and O–H groups in total. The summed E-state index contributed by atoms with van der Waals surface area (Å²) in [5.41, 5.74) is 5.22. The molecule has 0 fully saturated rings. The predicted octanol–water partition coefficient (Wildman–Crippen LogP) is 5.09. The smallest absolute Gasteiger partial charge is 0.250 e. The first-order valence-electron chi connectivity index (χ1n) is 7.79. The highest BCUT2D eigenvalue weighted by Gasteiger charge is 2.06. The summed E-state index contributed by atoms with van der Waals surface area (Å²) in [5, 5.41) is 6.87. The first kappa shape index (κ1) is 18.7. The van der Waals surface area contributed by atoms with Crippen molar-refractivity contribution in [3.05, 3.63) is 69.7 Å². The van der Waals surface area contributed by atoms with Crippen LogP contribution in [0.3, 0.4) is 0 Å². The van der Waals surface area contributed by atoms with Crippen LogP contribution in [0.5, 0.6) is 0 Å². The molecule has 0 saturated heterocycles. The number of fused-ring (bicyclic) bond motifs is 1. The molecular formula is C19H15Cl2N3OS. The van der Waals surface area contributed by atoms with Crippen LogP contribution < -0.4 is 5.43 Å². The maximum Gasteiger partial charge on any atom is 0.250 e. The maximum absolute atomic E-state index is 12.0. The number of nitrogens with one attached hydrogen (secondary N) is 1. The molecule has 0 saturated carbocycles. The van der Waals surface area contributed by atoms with E-state index in [0.29, 0.717) is 15.6 Å². The fourth-order valence-electron chi connectivity index (χ4n) is 2.34. The molecule has 0 aliphatic heterocycles. The summed E-state index contributed by atoms with van der Waals surface area (Å²) in [5.74, 6) is 0.000153. The van der Waals surface area contributed by atoms with Crippen LogP contribution in [-0.4, -0.2) is 22.9 Å². The molecule has 2 aromatic carbocycles. The summed E-state index contributed by atoms with van der Waals surface area (Å²) in [6.07, 6.45) is 1.49. The van der Waals surface area contributed by atoms with Crippen molar-refractivity contribution in [1.29, 1.82) is 0 Å². The number of thioether (sulfide) groups is 1. The Hall–Kier alpha value is -2.08. The third-order valence-electron chi connectivity index (χ3n) is 3.61. The van der Waals surface area contributed by atoms with Gasteiger partial charge in [0.05, 0.1) is 27.5 Å². The summed E-state index contributed by atoms with van der Waals surface area (Å²) in [4.78, 5) is 16.5. The van der Waals surface area contributed by atoms with E-state index in [-0.39, 0.29) is 11.7 Å². The number of hydrazone groups is 1. The minimum absolute atomic E-state index is 0.219. The van der Waals surface area contributed by atoms with Crippen molar-refractivity contribution in [2.75, 3.05) is 5.75 Å². The normalized spacial score (nSPS) is 11.2. The first-order chi connectivity index (χ1) is 12.5. The van der Waals surface area contributed by atoms with E-state index >= 15 is 0 Å². The van der Waals surface area contributed by atoms with Gasteiger partial charge in [-0.05, 0) is 36.8 Å². The summed E-state index contributed by atoms with van der Waals surface area (Å²) >= 11 is 13.3. The standard InChI is InChI=1S/C19H15Cl2N3OS/c1-12-8-19(23-17-5-3-2-4-15(12)17)26-11-18(25)24-22-10-13-6-7-14(20)9-16(13)21/h2-10H,11H2,1H3,(H,24,25). The molecule has 7 heteroatoms. The molecule has 0 unspecified atom stereocenters. The molecule has 1 heterocycles. The number of para-hydroxylation sites is 1. The van der Waals surface area contributed by atoms with Crippen LogP contribution in [0.1, 0.15) is 11.1 Å². The Morgan fingerprint density at radius 3 is 2.85 bits per heavy atom. The molecule has 0 aliphatic carbocycles. The zero-order chi connectivity index (χ0) is 18.5. The van der Waals surface area contributed by atoms with Crippen molar-refractivity contribution in [2.24, 2.45) is 5.10 Å². The van der Waals surface area contributed by atoms with Crippen molar-refractivity contribution < 1.29 is 4.79 Å². The zero-order valence-electron chi connectivity index (χ0n) is 13.9. The highest BCUT2D eigenvalue weighted by atomic mass is 35.5. The van der Waals surface area contributed by atoms with Crippen LogP contribution in [0.25, 0.3) is 10.9 Å². The van der Waals surface area contributed by atoms with Gasteiger partial charge >= 0.3 is 0 Å². The molecule has 0 bridgehead atoms. The zero-order valence-corrected chi connectivity index (χ0v) is 16.2. The number of carbonyl (C=O) groups is 1. The lowest BCUT2D eigenvalue weighted by Gasteiger charge is -2.05. The minimum atomic E-state index is -0.219. The van der Waals surface area contributed by atoms with Gasteiger partial charge in [0, 0.05) is 16.0 Å². The lowest BCUT2D eigenvalue weighted by molar-refractivity contribution is -0.118. The Morgan fingerprint density at radius 1 is 1.23 bits per heavy atom. The summed E-state index contributed by atoms with van der Waals surface area (Å²) in [6.45, 7) is 2.04. The molecule has 0 atom stereocenters. The van der Waals surface area contributed by atoms with E-state index < -0.39 is 0 Å². The lowest BCUT2D eigenvalue weighted by atomic mass is 10.1. The molecule has 0 spiro atoms. The number of benzene rings is 2. The van der Waals surface area contributed by atoms with E-state index in [1.165, 1.54) is 18.0 Å². The highest BCUT2D eigenvalue weighted by molar-refractivity contribution is 7.99. The number of aryl methyl sites for hydroxylation is 1. The average molecular weight is 404 g/mol. The Labute approximate surface area is 165 Å². The molecule has 3 rings (SSSR count). The largest absolute Gasteiger partial charge is 0.272 e. The highest BCUT2D eigenvalue weighted by Crippen LogP contribution is 2.23. The van der Waals surface area contributed by atoms with Crippen molar-refractivity contribution in [2.45, 2.75) is 11.9 Å². The lowest BCUT2D eigenvalue weighted by Crippen LogP contribution is -2.19. The number of aromatic nitrogens is 1. The van der Waals surface area contributed by atoms with Gasteiger partial charge in [-0.15, -0.1) is 0 Å². The number of hydrogen-bond acceptors (Lipinski definition) is 4. The van der Waals surface area contributed by atoms with Crippen molar-refractivity contribution in [3.8, 4) is 0 Å². The van der Waals surface area contributed by atoms with Gasteiger partial charge in [-0.1, -0.05) is 59.2 Å². The van der Waals surface area contributed by atoms with Gasteiger partial charge in [0.15, 0.2) is 0 Å². The molecule has 26 heavy (non-hydrogen) atoms. The fourth-order valence-corrected chi connectivity index (χ4v) is 3.57. The fraction of sp³-hybridized carbons (Fsp3) is 0.105. The molecule has 0 aliphatic rings. The Kier molecular flexibility index (Phi) is 6.14. The van der Waals surface area contributed by atoms with Gasteiger partial charge in [0.2, 0.25) is 5.91 Å². The SMILES string of the molecule is Cc1cc(SCC(=O)NN=Cc2ccc(Cl)cc2Cl)nc2ccccc12. The Balaban J connectivity index is 1.58. The maximum atomic E-state index is 12.0. The minimum Gasteiger partial charge on any atom is -0.272 e. The van der Waals surface area contributed by atoms with Crippen LogP contribution in [0.2, 0.25) is 10.0 Å². The quantitative estimate of drug-likeness (QED) is 0.366. The molecule has 4 nitrogen and oxygen atoms in total. The number of halogens is 2. The number of nitrogens with zero attached hydrogens (tertiary/aromatic N) is 2. The molecule has 3 aromatic rings. The number of hydrogen-bond donors (Lipinski definition) is 1. The van der Waals surface area contributed by atoms with E-state index in [2.05, 4.69) is 15.5 Å². The second-order valence-corrected chi connectivity index (χ2v) is 7.38. The van der Waals surface area contributed by atoms with E-state index in [1.54, 1.807) is 18.2 Å². The number of rotatable bonds is 5.